The lowest BCUT2D eigenvalue weighted by atomic mass is 9.99. The SMILES string of the molecule is C=CCN(Cc1ccc(C(=O)N2CCC[C@H](C)C2)cc1)S(=O)(=O)c1ccccc1. The Morgan fingerprint density at radius 3 is 2.48 bits per heavy atom. The fourth-order valence-electron chi connectivity index (χ4n) is 3.65. The molecule has 1 aliphatic heterocycles. The summed E-state index contributed by atoms with van der Waals surface area (Å²) in [6, 6.07) is 15.6. The highest BCUT2D eigenvalue weighted by molar-refractivity contribution is 7.89. The lowest BCUT2D eigenvalue weighted by Gasteiger charge is -2.31. The fourth-order valence-corrected chi connectivity index (χ4v) is 5.07. The summed E-state index contributed by atoms with van der Waals surface area (Å²) < 4.78 is 27.3. The number of amides is 1. The normalized spacial score (nSPS) is 17.3. The van der Waals surface area contributed by atoms with Gasteiger partial charge in [-0.3, -0.25) is 4.79 Å². The van der Waals surface area contributed by atoms with E-state index in [-0.39, 0.29) is 23.9 Å². The van der Waals surface area contributed by atoms with Crippen molar-refractivity contribution in [2.45, 2.75) is 31.2 Å². The average molecular weight is 413 g/mol. The van der Waals surface area contributed by atoms with Crippen LogP contribution < -0.4 is 0 Å². The van der Waals surface area contributed by atoms with Gasteiger partial charge in [0.2, 0.25) is 10.0 Å². The van der Waals surface area contributed by atoms with Gasteiger partial charge in [-0.25, -0.2) is 8.42 Å². The van der Waals surface area contributed by atoms with Crippen LogP contribution in [0.3, 0.4) is 0 Å². The Morgan fingerprint density at radius 1 is 1.17 bits per heavy atom. The number of hydrogen-bond donors (Lipinski definition) is 0. The Kier molecular flexibility index (Phi) is 6.87. The number of nitrogens with zero attached hydrogens (tertiary/aromatic N) is 2. The van der Waals surface area contributed by atoms with Gasteiger partial charge in [-0.2, -0.15) is 4.31 Å². The molecular formula is C23H28N2O3S. The van der Waals surface area contributed by atoms with E-state index < -0.39 is 10.0 Å². The molecule has 0 aromatic heterocycles. The van der Waals surface area contributed by atoms with Gasteiger partial charge in [0.1, 0.15) is 0 Å². The Labute approximate surface area is 173 Å². The number of carbonyl (C=O) groups excluding carboxylic acids is 1. The van der Waals surface area contributed by atoms with Gasteiger partial charge in [0.15, 0.2) is 0 Å². The van der Waals surface area contributed by atoms with Gasteiger partial charge < -0.3 is 4.90 Å². The monoisotopic (exact) mass is 412 g/mol. The van der Waals surface area contributed by atoms with Gasteiger partial charge in [0.05, 0.1) is 4.90 Å². The minimum Gasteiger partial charge on any atom is -0.338 e. The van der Waals surface area contributed by atoms with E-state index in [0.717, 1.165) is 31.5 Å². The maximum absolute atomic E-state index is 13.0. The molecule has 1 heterocycles. The zero-order chi connectivity index (χ0) is 20.9. The molecule has 0 unspecified atom stereocenters. The zero-order valence-corrected chi connectivity index (χ0v) is 17.6. The summed E-state index contributed by atoms with van der Waals surface area (Å²) in [5, 5.41) is 0. The van der Waals surface area contributed by atoms with Crippen LogP contribution in [0.25, 0.3) is 0 Å². The molecule has 5 nitrogen and oxygen atoms in total. The number of carbonyl (C=O) groups is 1. The largest absolute Gasteiger partial charge is 0.338 e. The molecule has 29 heavy (non-hydrogen) atoms. The van der Waals surface area contributed by atoms with Gasteiger partial charge in [0, 0.05) is 31.7 Å². The predicted octanol–water partition coefficient (Wildman–Crippen LogP) is 3.94. The van der Waals surface area contributed by atoms with Crippen LogP contribution in [-0.4, -0.2) is 43.2 Å². The van der Waals surface area contributed by atoms with E-state index in [1.165, 1.54) is 4.31 Å². The third-order valence-electron chi connectivity index (χ3n) is 5.22. The van der Waals surface area contributed by atoms with Gasteiger partial charge >= 0.3 is 0 Å². The minimum absolute atomic E-state index is 0.0444. The van der Waals surface area contributed by atoms with Crippen molar-refractivity contribution in [2.75, 3.05) is 19.6 Å². The summed E-state index contributed by atoms with van der Waals surface area (Å²) in [6.45, 7) is 7.88. The van der Waals surface area contributed by atoms with E-state index in [1.54, 1.807) is 48.5 Å². The Bertz CT molecular complexity index is 940. The van der Waals surface area contributed by atoms with Crippen LogP contribution >= 0.6 is 0 Å². The molecule has 6 heteroatoms. The third-order valence-corrected chi connectivity index (χ3v) is 7.04. The highest BCUT2D eigenvalue weighted by atomic mass is 32.2. The molecule has 1 fully saturated rings. The van der Waals surface area contributed by atoms with Crippen molar-refractivity contribution in [2.24, 2.45) is 5.92 Å². The van der Waals surface area contributed by atoms with E-state index >= 15 is 0 Å². The zero-order valence-electron chi connectivity index (χ0n) is 16.8. The molecule has 1 atom stereocenters. The molecular weight excluding hydrogens is 384 g/mol. The van der Waals surface area contributed by atoms with E-state index in [2.05, 4.69) is 13.5 Å². The lowest BCUT2D eigenvalue weighted by molar-refractivity contribution is 0.0683. The lowest BCUT2D eigenvalue weighted by Crippen LogP contribution is -2.39. The Morgan fingerprint density at radius 2 is 1.86 bits per heavy atom. The molecule has 154 valence electrons. The van der Waals surface area contributed by atoms with Crippen molar-refractivity contribution in [1.29, 1.82) is 0 Å². The molecule has 2 aromatic rings. The Balaban J connectivity index is 1.74. The first-order chi connectivity index (χ1) is 13.9. The maximum Gasteiger partial charge on any atom is 0.253 e. The minimum atomic E-state index is -3.62. The standard InChI is InChI=1S/C23H28N2O3S/c1-3-15-25(29(27,28)22-9-5-4-6-10-22)18-20-11-13-21(14-12-20)23(26)24-16-7-8-19(2)17-24/h3-6,9-14,19H,1,7-8,15-18H2,2H3/t19-/m0/s1. The van der Waals surface area contributed by atoms with Crippen LogP contribution in [0.15, 0.2) is 72.1 Å². The van der Waals surface area contributed by atoms with Crippen molar-refractivity contribution >= 4 is 15.9 Å². The molecule has 1 saturated heterocycles. The number of benzene rings is 2. The van der Waals surface area contributed by atoms with Crippen LogP contribution in [-0.2, 0) is 16.6 Å². The number of sulfonamides is 1. The highest BCUT2D eigenvalue weighted by Crippen LogP contribution is 2.20. The number of likely N-dealkylation sites (tertiary alicyclic amines) is 1. The summed E-state index contributed by atoms with van der Waals surface area (Å²) in [6.07, 6.45) is 3.78. The number of hydrogen-bond acceptors (Lipinski definition) is 3. The maximum atomic E-state index is 13.0. The molecule has 0 aliphatic carbocycles. The van der Waals surface area contributed by atoms with Crippen LogP contribution in [0.4, 0.5) is 0 Å². The summed E-state index contributed by atoms with van der Waals surface area (Å²) in [5.41, 5.74) is 1.47. The van der Waals surface area contributed by atoms with E-state index in [1.807, 2.05) is 17.0 Å². The van der Waals surface area contributed by atoms with Crippen LogP contribution in [0.5, 0.6) is 0 Å². The molecule has 3 rings (SSSR count). The van der Waals surface area contributed by atoms with Crippen molar-refractivity contribution in [3.8, 4) is 0 Å². The summed E-state index contributed by atoms with van der Waals surface area (Å²) >= 11 is 0. The van der Waals surface area contributed by atoms with Crippen molar-refractivity contribution in [1.82, 2.24) is 9.21 Å². The first-order valence-electron chi connectivity index (χ1n) is 9.96. The first-order valence-corrected chi connectivity index (χ1v) is 11.4. The third kappa shape index (κ3) is 5.14. The van der Waals surface area contributed by atoms with Gasteiger partial charge in [0.25, 0.3) is 5.91 Å². The highest BCUT2D eigenvalue weighted by Gasteiger charge is 2.24. The van der Waals surface area contributed by atoms with E-state index in [9.17, 15) is 13.2 Å². The number of rotatable bonds is 7. The fraction of sp³-hybridized carbons (Fsp3) is 0.348. The molecule has 0 radical (unpaired) electrons. The topological polar surface area (TPSA) is 57.7 Å². The number of piperidine rings is 1. The van der Waals surface area contributed by atoms with Crippen molar-refractivity contribution < 1.29 is 13.2 Å². The van der Waals surface area contributed by atoms with E-state index in [4.69, 9.17) is 0 Å². The van der Waals surface area contributed by atoms with E-state index in [0.29, 0.717) is 11.5 Å². The van der Waals surface area contributed by atoms with Crippen LogP contribution in [0.1, 0.15) is 35.7 Å². The first kappa shape index (κ1) is 21.3. The van der Waals surface area contributed by atoms with Gasteiger partial charge in [-0.05, 0) is 48.6 Å². The van der Waals surface area contributed by atoms with Crippen LogP contribution in [0, 0.1) is 5.92 Å². The van der Waals surface area contributed by atoms with Gasteiger partial charge in [-0.15, -0.1) is 6.58 Å². The molecule has 0 bridgehead atoms. The van der Waals surface area contributed by atoms with Crippen LogP contribution in [0.2, 0.25) is 0 Å². The second-order valence-electron chi connectivity index (χ2n) is 7.59. The second kappa shape index (κ2) is 9.37. The average Bonchev–Trinajstić information content (AvgIpc) is 2.74. The summed E-state index contributed by atoms with van der Waals surface area (Å²) in [7, 11) is -3.62. The molecule has 0 N–H and O–H groups in total. The second-order valence-corrected chi connectivity index (χ2v) is 9.53. The molecule has 0 saturated carbocycles. The smallest absolute Gasteiger partial charge is 0.253 e. The van der Waals surface area contributed by atoms with Crippen molar-refractivity contribution in [3.63, 3.8) is 0 Å². The molecule has 1 amide bonds. The molecule has 1 aliphatic rings. The quantitative estimate of drug-likeness (QED) is 0.648. The molecule has 0 spiro atoms. The Hall–Kier alpha value is -2.44. The molecule has 2 aromatic carbocycles. The predicted molar refractivity (Wildman–Crippen MR) is 115 cm³/mol. The van der Waals surface area contributed by atoms with Gasteiger partial charge in [-0.1, -0.05) is 43.3 Å². The van der Waals surface area contributed by atoms with Crippen molar-refractivity contribution in [3.05, 3.63) is 78.4 Å². The summed E-state index contributed by atoms with van der Waals surface area (Å²) in [4.78, 5) is 14.9. The summed E-state index contributed by atoms with van der Waals surface area (Å²) in [5.74, 6) is 0.575.